The monoisotopic (exact) mass is 331 g/mol. The predicted molar refractivity (Wildman–Crippen MR) is 85.3 cm³/mol. The van der Waals surface area contributed by atoms with Gasteiger partial charge in [-0.15, -0.1) is 0 Å². The first kappa shape index (κ1) is 13.0. The Labute approximate surface area is 125 Å². The van der Waals surface area contributed by atoms with Crippen LogP contribution in [-0.4, -0.2) is 5.91 Å². The standard InChI is InChI=1S/C15H14BrN3O/c1-8-2-3-10(16)13(4-8)18-14-7-12-9(5-11(14)17)6-15(20)19-12/h2-5,7,18H,6,17H2,1H3,(H,19,20). The molecule has 2 aromatic carbocycles. The Morgan fingerprint density at radius 3 is 2.85 bits per heavy atom. The molecular formula is C15H14BrN3O. The molecule has 20 heavy (non-hydrogen) atoms. The summed E-state index contributed by atoms with van der Waals surface area (Å²) in [5.41, 5.74) is 11.4. The quantitative estimate of drug-likeness (QED) is 0.737. The van der Waals surface area contributed by atoms with Gasteiger partial charge in [-0.3, -0.25) is 4.79 Å². The zero-order valence-corrected chi connectivity index (χ0v) is 12.5. The molecule has 102 valence electrons. The second-order valence-corrected chi connectivity index (χ2v) is 5.78. The molecule has 4 N–H and O–H groups in total. The van der Waals surface area contributed by atoms with Crippen molar-refractivity contribution in [2.45, 2.75) is 13.3 Å². The van der Waals surface area contributed by atoms with Crippen LogP contribution in [0.3, 0.4) is 0 Å². The van der Waals surface area contributed by atoms with E-state index in [0.717, 1.165) is 32.7 Å². The topological polar surface area (TPSA) is 67.1 Å². The van der Waals surface area contributed by atoms with E-state index in [1.165, 1.54) is 0 Å². The lowest BCUT2D eigenvalue weighted by molar-refractivity contribution is -0.115. The van der Waals surface area contributed by atoms with Crippen molar-refractivity contribution in [1.29, 1.82) is 0 Å². The molecule has 0 aliphatic carbocycles. The number of anilines is 4. The molecule has 1 aliphatic heterocycles. The normalized spacial score (nSPS) is 13.0. The van der Waals surface area contributed by atoms with Crippen LogP contribution in [0.15, 0.2) is 34.8 Å². The molecule has 0 bridgehead atoms. The van der Waals surface area contributed by atoms with Crippen molar-refractivity contribution in [3.05, 3.63) is 45.9 Å². The smallest absolute Gasteiger partial charge is 0.228 e. The average molecular weight is 332 g/mol. The Morgan fingerprint density at radius 2 is 2.05 bits per heavy atom. The van der Waals surface area contributed by atoms with E-state index in [9.17, 15) is 4.79 Å². The summed E-state index contributed by atoms with van der Waals surface area (Å²) in [6.45, 7) is 2.03. The maximum absolute atomic E-state index is 11.4. The number of fused-ring (bicyclic) bond motifs is 1. The number of nitrogens with two attached hydrogens (primary N) is 1. The molecule has 0 saturated heterocycles. The number of benzene rings is 2. The van der Waals surface area contributed by atoms with Crippen molar-refractivity contribution in [3.8, 4) is 0 Å². The average Bonchev–Trinajstić information content (AvgIpc) is 2.73. The van der Waals surface area contributed by atoms with Gasteiger partial charge in [0.25, 0.3) is 0 Å². The van der Waals surface area contributed by atoms with E-state index in [-0.39, 0.29) is 5.91 Å². The van der Waals surface area contributed by atoms with Crippen LogP contribution in [0.25, 0.3) is 0 Å². The minimum absolute atomic E-state index is 0.00767. The van der Waals surface area contributed by atoms with Crippen LogP contribution in [0.5, 0.6) is 0 Å². The van der Waals surface area contributed by atoms with E-state index < -0.39 is 0 Å². The first-order chi connectivity index (χ1) is 9.52. The maximum atomic E-state index is 11.4. The highest BCUT2D eigenvalue weighted by atomic mass is 79.9. The number of halogens is 1. The SMILES string of the molecule is Cc1ccc(Br)c(Nc2cc3c(cc2N)CC(=O)N3)c1. The van der Waals surface area contributed by atoms with Crippen LogP contribution in [0.2, 0.25) is 0 Å². The number of nitrogens with one attached hydrogen (secondary N) is 2. The highest BCUT2D eigenvalue weighted by molar-refractivity contribution is 9.10. The molecule has 1 aliphatic rings. The minimum Gasteiger partial charge on any atom is -0.397 e. The second-order valence-electron chi connectivity index (χ2n) is 4.93. The Bertz CT molecular complexity index is 713. The van der Waals surface area contributed by atoms with Crippen molar-refractivity contribution < 1.29 is 4.79 Å². The fourth-order valence-corrected chi connectivity index (χ4v) is 2.63. The summed E-state index contributed by atoms with van der Waals surface area (Å²) >= 11 is 3.51. The van der Waals surface area contributed by atoms with Crippen LogP contribution in [-0.2, 0) is 11.2 Å². The van der Waals surface area contributed by atoms with Crippen molar-refractivity contribution in [3.63, 3.8) is 0 Å². The Hall–Kier alpha value is -2.01. The third kappa shape index (κ3) is 2.36. The van der Waals surface area contributed by atoms with Crippen LogP contribution < -0.4 is 16.4 Å². The summed E-state index contributed by atoms with van der Waals surface area (Å²) < 4.78 is 0.965. The third-order valence-corrected chi connectivity index (χ3v) is 3.98. The number of aryl methyl sites for hydroxylation is 1. The first-order valence-electron chi connectivity index (χ1n) is 6.28. The van der Waals surface area contributed by atoms with Crippen molar-refractivity contribution >= 4 is 44.6 Å². The van der Waals surface area contributed by atoms with Crippen LogP contribution in [0.1, 0.15) is 11.1 Å². The van der Waals surface area contributed by atoms with Gasteiger partial charge in [-0.05, 0) is 58.2 Å². The highest BCUT2D eigenvalue weighted by Gasteiger charge is 2.19. The zero-order valence-electron chi connectivity index (χ0n) is 11.0. The van der Waals surface area contributed by atoms with E-state index in [0.29, 0.717) is 12.1 Å². The summed E-state index contributed by atoms with van der Waals surface area (Å²) in [7, 11) is 0. The van der Waals surface area contributed by atoms with Crippen LogP contribution in [0, 0.1) is 6.92 Å². The highest BCUT2D eigenvalue weighted by Crippen LogP contribution is 2.35. The van der Waals surface area contributed by atoms with E-state index in [4.69, 9.17) is 5.73 Å². The number of rotatable bonds is 2. The van der Waals surface area contributed by atoms with Gasteiger partial charge in [-0.25, -0.2) is 0 Å². The van der Waals surface area contributed by atoms with Gasteiger partial charge in [0.05, 0.1) is 23.5 Å². The largest absolute Gasteiger partial charge is 0.397 e. The molecule has 0 fully saturated rings. The van der Waals surface area contributed by atoms with E-state index in [1.807, 2.05) is 37.3 Å². The Balaban J connectivity index is 1.97. The lowest BCUT2D eigenvalue weighted by Crippen LogP contribution is -2.03. The van der Waals surface area contributed by atoms with Gasteiger partial charge < -0.3 is 16.4 Å². The molecule has 5 heteroatoms. The van der Waals surface area contributed by atoms with Crippen molar-refractivity contribution in [2.75, 3.05) is 16.4 Å². The molecule has 0 saturated carbocycles. The fourth-order valence-electron chi connectivity index (χ4n) is 2.28. The Kier molecular flexibility index (Phi) is 3.14. The fraction of sp³-hybridized carbons (Fsp3) is 0.133. The summed E-state index contributed by atoms with van der Waals surface area (Å²) in [5.74, 6) is 0.00767. The van der Waals surface area contributed by atoms with E-state index in [1.54, 1.807) is 0 Å². The number of nitrogen functional groups attached to an aromatic ring is 1. The summed E-state index contributed by atoms with van der Waals surface area (Å²) in [6.07, 6.45) is 0.397. The predicted octanol–water partition coefficient (Wildman–Crippen LogP) is 3.58. The van der Waals surface area contributed by atoms with Gasteiger partial charge >= 0.3 is 0 Å². The van der Waals surface area contributed by atoms with Gasteiger partial charge in [0.1, 0.15) is 0 Å². The molecule has 3 rings (SSSR count). The van der Waals surface area contributed by atoms with Gasteiger partial charge in [0.15, 0.2) is 0 Å². The maximum Gasteiger partial charge on any atom is 0.228 e. The summed E-state index contributed by atoms with van der Waals surface area (Å²) in [4.78, 5) is 11.4. The van der Waals surface area contributed by atoms with Gasteiger partial charge in [0, 0.05) is 10.2 Å². The molecule has 0 atom stereocenters. The molecular weight excluding hydrogens is 318 g/mol. The number of hydrogen-bond donors (Lipinski definition) is 3. The lowest BCUT2D eigenvalue weighted by Gasteiger charge is -2.13. The number of hydrogen-bond acceptors (Lipinski definition) is 3. The first-order valence-corrected chi connectivity index (χ1v) is 7.07. The van der Waals surface area contributed by atoms with E-state index in [2.05, 4.69) is 26.6 Å². The molecule has 0 radical (unpaired) electrons. The van der Waals surface area contributed by atoms with Crippen LogP contribution >= 0.6 is 15.9 Å². The summed E-state index contributed by atoms with van der Waals surface area (Å²) in [6, 6.07) is 9.78. The molecule has 2 aromatic rings. The summed E-state index contributed by atoms with van der Waals surface area (Å²) in [5, 5.41) is 6.13. The van der Waals surface area contributed by atoms with Crippen LogP contribution in [0.4, 0.5) is 22.7 Å². The van der Waals surface area contributed by atoms with Gasteiger partial charge in [-0.1, -0.05) is 6.07 Å². The third-order valence-electron chi connectivity index (χ3n) is 3.29. The van der Waals surface area contributed by atoms with Crippen molar-refractivity contribution in [2.24, 2.45) is 0 Å². The van der Waals surface area contributed by atoms with E-state index >= 15 is 0 Å². The lowest BCUT2D eigenvalue weighted by atomic mass is 10.1. The molecule has 0 unspecified atom stereocenters. The van der Waals surface area contributed by atoms with Gasteiger partial charge in [-0.2, -0.15) is 0 Å². The second kappa shape index (κ2) is 4.83. The molecule has 0 aromatic heterocycles. The van der Waals surface area contributed by atoms with Gasteiger partial charge in [0.2, 0.25) is 5.91 Å². The number of carbonyl (C=O) groups is 1. The zero-order chi connectivity index (χ0) is 14.3. The molecule has 4 nitrogen and oxygen atoms in total. The molecule has 0 spiro atoms. The van der Waals surface area contributed by atoms with Crippen molar-refractivity contribution in [1.82, 2.24) is 0 Å². The number of carbonyl (C=O) groups excluding carboxylic acids is 1. The number of amides is 1. The molecule has 1 heterocycles. The Morgan fingerprint density at radius 1 is 1.25 bits per heavy atom. The molecule has 1 amide bonds. The minimum atomic E-state index is 0.00767.